The molecule has 0 fully saturated rings. The van der Waals surface area contributed by atoms with E-state index in [1.54, 1.807) is 50.2 Å². The normalized spacial score (nSPS) is 11.0. The fourth-order valence-corrected chi connectivity index (χ4v) is 4.26. The lowest BCUT2D eigenvalue weighted by Gasteiger charge is -2.23. The van der Waals surface area contributed by atoms with Crippen molar-refractivity contribution in [3.05, 3.63) is 85.4 Å². The summed E-state index contributed by atoms with van der Waals surface area (Å²) in [6.45, 7) is 2.98. The van der Waals surface area contributed by atoms with Gasteiger partial charge in [0.25, 0.3) is 17.4 Å². The number of rotatable bonds is 12. The van der Waals surface area contributed by atoms with E-state index in [4.69, 9.17) is 18.9 Å². The van der Waals surface area contributed by atoms with Crippen molar-refractivity contribution >= 4 is 35.5 Å². The molecule has 3 rings (SSSR count). The Hall–Kier alpha value is -5.46. The van der Waals surface area contributed by atoms with Crippen LogP contribution in [0.3, 0.4) is 0 Å². The first-order valence-corrected chi connectivity index (χ1v) is 13.1. The zero-order valence-corrected chi connectivity index (χ0v) is 24.7. The number of carbonyl (C=O) groups excluding carboxylic acids is 2. The first kappa shape index (κ1) is 32.1. The second-order valence-electron chi connectivity index (χ2n) is 8.75. The summed E-state index contributed by atoms with van der Waals surface area (Å²) in [6.07, 6.45) is 4.93. The number of nitroso groups, excluding NO2 is 1. The highest BCUT2D eigenvalue weighted by Gasteiger charge is 2.30. The Labute approximate surface area is 247 Å². The van der Waals surface area contributed by atoms with Gasteiger partial charge in [0.1, 0.15) is 0 Å². The molecule has 0 bridgehead atoms. The smallest absolute Gasteiger partial charge is 0.332 e. The van der Waals surface area contributed by atoms with Gasteiger partial charge in [-0.2, -0.15) is 0 Å². The number of hydrogen-bond acceptors (Lipinski definition) is 10. The molecule has 13 nitrogen and oxygen atoms in total. The fraction of sp³-hybridized carbons (Fsp3) is 0.267. The van der Waals surface area contributed by atoms with Gasteiger partial charge >= 0.3 is 5.69 Å². The van der Waals surface area contributed by atoms with Crippen molar-refractivity contribution in [2.45, 2.75) is 26.9 Å². The lowest BCUT2D eigenvalue weighted by Crippen LogP contribution is -2.45. The zero-order valence-electron chi connectivity index (χ0n) is 24.7. The number of methoxy groups -OCH3 is 4. The van der Waals surface area contributed by atoms with Gasteiger partial charge in [0.05, 0.1) is 28.4 Å². The quantitative estimate of drug-likeness (QED) is 0.226. The number of carbonyl (C=O) groups is 2. The van der Waals surface area contributed by atoms with Crippen LogP contribution in [0.5, 0.6) is 23.0 Å². The Morgan fingerprint density at radius 1 is 0.744 bits per heavy atom. The van der Waals surface area contributed by atoms with E-state index < -0.39 is 34.6 Å². The molecule has 0 aliphatic carbocycles. The van der Waals surface area contributed by atoms with Crippen molar-refractivity contribution in [2.24, 2.45) is 5.18 Å². The predicted molar refractivity (Wildman–Crippen MR) is 161 cm³/mol. The molecule has 13 heteroatoms. The maximum Gasteiger partial charge on any atom is 0.332 e. The third-order valence-electron chi connectivity index (χ3n) is 6.41. The number of aromatic nitrogens is 2. The standard InChI is InChI=1S/C30H32N4O9/c1-7-32-28(27(31-39)29(37)33(8-2)30(32)38)34(25(35)15-11-19-9-13-21(40-3)23(17-19)42-5)26(36)16-12-20-10-14-22(41-4)24(18-20)43-6/h9-18H,7-8H2,1-6H3/b15-11+,16-12+. The molecule has 3 aromatic rings. The van der Waals surface area contributed by atoms with Crippen LogP contribution in [-0.4, -0.2) is 49.4 Å². The van der Waals surface area contributed by atoms with Crippen LogP contribution in [0.4, 0.5) is 11.5 Å². The average Bonchev–Trinajstić information content (AvgIpc) is 3.02. The maximum absolute atomic E-state index is 13.7. The van der Waals surface area contributed by atoms with Crippen LogP contribution in [0.15, 0.2) is 63.3 Å². The van der Waals surface area contributed by atoms with E-state index in [0.717, 1.165) is 21.3 Å². The minimum atomic E-state index is -1.03. The molecule has 0 unspecified atom stereocenters. The predicted octanol–water partition coefficient (Wildman–Crippen LogP) is 3.77. The molecule has 0 aliphatic heterocycles. The van der Waals surface area contributed by atoms with Crippen molar-refractivity contribution in [2.75, 3.05) is 33.3 Å². The molecule has 1 aromatic heterocycles. The summed E-state index contributed by atoms with van der Waals surface area (Å²) < 4.78 is 22.8. The van der Waals surface area contributed by atoms with E-state index in [1.807, 2.05) is 0 Å². The summed E-state index contributed by atoms with van der Waals surface area (Å²) in [5, 5.41) is 2.84. The number of nitrogens with zero attached hydrogens (tertiary/aromatic N) is 4. The fourth-order valence-electron chi connectivity index (χ4n) is 4.26. The van der Waals surface area contributed by atoms with Crippen molar-refractivity contribution in [1.82, 2.24) is 9.13 Å². The SMILES string of the molecule is CCn1c(N(C(=O)/C=C/c2ccc(OC)c(OC)c2)C(=O)/C=C/c2ccc(OC)c(OC)c2)c(N=O)c(=O)n(CC)c1=O. The third kappa shape index (κ3) is 6.72. The molecule has 43 heavy (non-hydrogen) atoms. The van der Waals surface area contributed by atoms with Crippen LogP contribution in [0.25, 0.3) is 12.2 Å². The Bertz CT molecular complexity index is 1630. The van der Waals surface area contributed by atoms with Gasteiger partial charge in [-0.15, -0.1) is 4.91 Å². The minimum Gasteiger partial charge on any atom is -0.493 e. The summed E-state index contributed by atoms with van der Waals surface area (Å²) in [7, 11) is 5.87. The van der Waals surface area contributed by atoms with Crippen LogP contribution in [0.2, 0.25) is 0 Å². The van der Waals surface area contributed by atoms with Crippen LogP contribution < -0.4 is 35.1 Å². The van der Waals surface area contributed by atoms with E-state index in [1.165, 1.54) is 40.6 Å². The lowest BCUT2D eigenvalue weighted by atomic mass is 10.1. The molecule has 2 amide bonds. The number of amides is 2. The van der Waals surface area contributed by atoms with E-state index in [2.05, 4.69) is 5.18 Å². The van der Waals surface area contributed by atoms with Crippen molar-refractivity contribution in [3.8, 4) is 23.0 Å². The van der Waals surface area contributed by atoms with Crippen molar-refractivity contribution < 1.29 is 28.5 Å². The summed E-state index contributed by atoms with van der Waals surface area (Å²) in [4.78, 5) is 66.0. The molecule has 226 valence electrons. The highest BCUT2D eigenvalue weighted by atomic mass is 16.5. The number of imide groups is 1. The van der Waals surface area contributed by atoms with Crippen LogP contribution in [0, 0.1) is 4.91 Å². The van der Waals surface area contributed by atoms with Gasteiger partial charge in [0.2, 0.25) is 5.69 Å². The van der Waals surface area contributed by atoms with Crippen molar-refractivity contribution in [1.29, 1.82) is 0 Å². The molecule has 2 aromatic carbocycles. The Kier molecular flexibility index (Phi) is 10.8. The Morgan fingerprint density at radius 3 is 1.56 bits per heavy atom. The first-order chi connectivity index (χ1) is 20.7. The third-order valence-corrected chi connectivity index (χ3v) is 6.41. The van der Waals surface area contributed by atoms with Gasteiger partial charge < -0.3 is 18.9 Å². The second-order valence-corrected chi connectivity index (χ2v) is 8.75. The van der Waals surface area contributed by atoms with Gasteiger partial charge in [0.15, 0.2) is 28.8 Å². The second kappa shape index (κ2) is 14.4. The molecule has 0 radical (unpaired) electrons. The Morgan fingerprint density at radius 2 is 1.19 bits per heavy atom. The first-order valence-electron chi connectivity index (χ1n) is 13.1. The van der Waals surface area contributed by atoms with E-state index in [0.29, 0.717) is 39.0 Å². The molecule has 0 saturated carbocycles. The van der Waals surface area contributed by atoms with E-state index >= 15 is 0 Å². The van der Waals surface area contributed by atoms with Crippen LogP contribution in [0.1, 0.15) is 25.0 Å². The van der Waals surface area contributed by atoms with Crippen molar-refractivity contribution in [3.63, 3.8) is 0 Å². The molecule has 1 heterocycles. The summed E-state index contributed by atoms with van der Waals surface area (Å²) in [5.41, 5.74) is -1.56. The average molecular weight is 593 g/mol. The zero-order chi connectivity index (χ0) is 31.7. The largest absolute Gasteiger partial charge is 0.493 e. The topological polar surface area (TPSA) is 148 Å². The molecular weight excluding hydrogens is 560 g/mol. The molecule has 0 spiro atoms. The van der Waals surface area contributed by atoms with Gasteiger partial charge in [-0.1, -0.05) is 12.1 Å². The van der Waals surface area contributed by atoms with Gasteiger partial charge in [-0.05, 0) is 66.6 Å². The monoisotopic (exact) mass is 592 g/mol. The summed E-state index contributed by atoms with van der Waals surface area (Å²) >= 11 is 0. The van der Waals surface area contributed by atoms with E-state index in [-0.39, 0.29) is 13.1 Å². The van der Waals surface area contributed by atoms with E-state index in [9.17, 15) is 24.1 Å². The van der Waals surface area contributed by atoms with Gasteiger partial charge in [-0.3, -0.25) is 23.5 Å². The molecular formula is C30H32N4O9. The minimum absolute atomic E-state index is 0.0548. The highest BCUT2D eigenvalue weighted by Crippen LogP contribution is 2.30. The van der Waals surface area contributed by atoms with Gasteiger partial charge in [-0.25, -0.2) is 9.69 Å². The highest BCUT2D eigenvalue weighted by molar-refractivity contribution is 6.24. The number of hydrogen-bond donors (Lipinski definition) is 0. The summed E-state index contributed by atoms with van der Waals surface area (Å²) in [6, 6.07) is 9.77. The number of benzene rings is 2. The van der Waals surface area contributed by atoms with Crippen LogP contribution in [-0.2, 0) is 22.7 Å². The lowest BCUT2D eigenvalue weighted by molar-refractivity contribution is -0.121. The molecule has 0 aliphatic rings. The number of anilines is 1. The Balaban J connectivity index is 2.19. The molecule has 0 saturated heterocycles. The number of ether oxygens (including phenoxy) is 4. The molecule has 0 atom stereocenters. The maximum atomic E-state index is 13.7. The summed E-state index contributed by atoms with van der Waals surface area (Å²) in [5.74, 6) is -0.701. The van der Waals surface area contributed by atoms with Crippen LogP contribution >= 0.6 is 0 Å². The van der Waals surface area contributed by atoms with Gasteiger partial charge in [0, 0.05) is 25.2 Å². The molecule has 0 N–H and O–H groups in total.